The minimum atomic E-state index is -0.703. The second kappa shape index (κ2) is 7.96. The summed E-state index contributed by atoms with van der Waals surface area (Å²) >= 11 is 11.1. The summed E-state index contributed by atoms with van der Waals surface area (Å²) in [6.45, 7) is 0. The second-order valence-corrected chi connectivity index (χ2v) is 5.69. The molecule has 1 aromatic carbocycles. The number of ether oxygens (including phenoxy) is 2. The van der Waals surface area contributed by atoms with Crippen molar-refractivity contribution in [2.45, 2.75) is 0 Å². The van der Waals surface area contributed by atoms with Crippen LogP contribution in [0.4, 0.5) is 5.69 Å². The molecular formula is C17H15ClN2O4S. The Hall–Kier alpha value is -2.64. The average molecular weight is 379 g/mol. The zero-order valence-electron chi connectivity index (χ0n) is 13.5. The van der Waals surface area contributed by atoms with Gasteiger partial charge < -0.3 is 20.1 Å². The Labute approximate surface area is 155 Å². The summed E-state index contributed by atoms with van der Waals surface area (Å²) < 4.78 is 9.58. The standard InChI is InChI=1S/C17H15ClN2O4S/c1-23-16(21)12-5-3-4-8-20(14(12)17(22)24-2)10-6-7-11(15(19)25)13(18)9-10/h3-9H,1-2H3,(H2,19,25). The van der Waals surface area contributed by atoms with E-state index < -0.39 is 11.9 Å². The molecule has 6 nitrogen and oxygen atoms in total. The van der Waals surface area contributed by atoms with E-state index in [0.29, 0.717) is 16.3 Å². The van der Waals surface area contributed by atoms with Crippen molar-refractivity contribution < 1.29 is 19.1 Å². The number of rotatable bonds is 4. The minimum absolute atomic E-state index is 0.00140. The highest BCUT2D eigenvalue weighted by Gasteiger charge is 2.27. The molecule has 0 amide bonds. The number of carbonyl (C=O) groups excluding carboxylic acids is 2. The number of nitrogens with zero attached hydrogens (tertiary/aromatic N) is 1. The monoisotopic (exact) mass is 378 g/mol. The molecule has 2 rings (SSSR count). The Balaban J connectivity index is 2.64. The van der Waals surface area contributed by atoms with Gasteiger partial charge in [0.05, 0.1) is 24.8 Å². The third kappa shape index (κ3) is 3.89. The number of benzene rings is 1. The molecule has 2 N–H and O–H groups in total. The number of allylic oxidation sites excluding steroid dienone is 2. The fourth-order valence-corrected chi connectivity index (χ4v) is 2.73. The van der Waals surface area contributed by atoms with Gasteiger partial charge in [0, 0.05) is 17.5 Å². The number of anilines is 1. The Morgan fingerprint density at radius 1 is 1.16 bits per heavy atom. The molecule has 0 spiro atoms. The highest BCUT2D eigenvalue weighted by atomic mass is 35.5. The Kier molecular flexibility index (Phi) is 5.95. The smallest absolute Gasteiger partial charge is 0.355 e. The van der Waals surface area contributed by atoms with Crippen LogP contribution in [0.25, 0.3) is 0 Å². The van der Waals surface area contributed by atoms with Crippen molar-refractivity contribution in [2.75, 3.05) is 19.1 Å². The molecule has 0 aromatic heterocycles. The third-order valence-electron chi connectivity index (χ3n) is 3.39. The van der Waals surface area contributed by atoms with Gasteiger partial charge >= 0.3 is 11.9 Å². The Morgan fingerprint density at radius 2 is 1.84 bits per heavy atom. The molecular weight excluding hydrogens is 364 g/mol. The summed E-state index contributed by atoms with van der Waals surface area (Å²) in [5.74, 6) is -1.37. The van der Waals surface area contributed by atoms with Crippen molar-refractivity contribution in [1.82, 2.24) is 0 Å². The van der Waals surface area contributed by atoms with Crippen LogP contribution in [0.1, 0.15) is 5.56 Å². The van der Waals surface area contributed by atoms with Crippen molar-refractivity contribution in [2.24, 2.45) is 5.73 Å². The van der Waals surface area contributed by atoms with Crippen LogP contribution in [0, 0.1) is 0 Å². The van der Waals surface area contributed by atoms with Gasteiger partial charge in [-0.3, -0.25) is 0 Å². The molecule has 0 saturated heterocycles. The number of carbonyl (C=O) groups is 2. The van der Waals surface area contributed by atoms with Crippen LogP contribution in [-0.4, -0.2) is 31.1 Å². The molecule has 1 heterocycles. The summed E-state index contributed by atoms with van der Waals surface area (Å²) in [4.78, 5) is 26.0. The maximum absolute atomic E-state index is 12.3. The number of halogens is 1. The summed E-state index contributed by atoms with van der Waals surface area (Å²) in [5.41, 5.74) is 6.69. The lowest BCUT2D eigenvalue weighted by Gasteiger charge is -2.23. The van der Waals surface area contributed by atoms with Crippen molar-refractivity contribution >= 4 is 46.4 Å². The largest absolute Gasteiger partial charge is 0.465 e. The van der Waals surface area contributed by atoms with E-state index in [1.807, 2.05) is 0 Å². The number of esters is 2. The van der Waals surface area contributed by atoms with E-state index in [1.165, 1.54) is 25.2 Å². The van der Waals surface area contributed by atoms with Gasteiger partial charge in [-0.05, 0) is 30.4 Å². The summed E-state index contributed by atoms with van der Waals surface area (Å²) in [6.07, 6.45) is 6.35. The molecule has 0 radical (unpaired) electrons. The Morgan fingerprint density at radius 3 is 2.40 bits per heavy atom. The molecule has 25 heavy (non-hydrogen) atoms. The summed E-state index contributed by atoms with van der Waals surface area (Å²) in [5, 5.41) is 0.319. The topological polar surface area (TPSA) is 81.9 Å². The van der Waals surface area contributed by atoms with Crippen molar-refractivity contribution in [3.63, 3.8) is 0 Å². The predicted octanol–water partition coefficient (Wildman–Crippen LogP) is 2.46. The molecule has 130 valence electrons. The van der Waals surface area contributed by atoms with Gasteiger partial charge in [0.15, 0.2) is 0 Å². The molecule has 1 aliphatic heterocycles. The van der Waals surface area contributed by atoms with E-state index >= 15 is 0 Å². The van der Waals surface area contributed by atoms with Crippen LogP contribution >= 0.6 is 23.8 Å². The maximum Gasteiger partial charge on any atom is 0.355 e. The van der Waals surface area contributed by atoms with Crippen molar-refractivity contribution in [3.8, 4) is 0 Å². The van der Waals surface area contributed by atoms with E-state index in [9.17, 15) is 9.59 Å². The van der Waals surface area contributed by atoms with Crippen LogP contribution in [0.15, 0.2) is 53.9 Å². The van der Waals surface area contributed by atoms with Crippen LogP contribution in [0.3, 0.4) is 0 Å². The Bertz CT molecular complexity index is 830. The highest BCUT2D eigenvalue weighted by Crippen LogP contribution is 2.29. The van der Waals surface area contributed by atoms with E-state index in [-0.39, 0.29) is 16.3 Å². The molecule has 1 aliphatic rings. The average Bonchev–Trinajstić information content (AvgIpc) is 2.82. The van der Waals surface area contributed by atoms with Gasteiger partial charge in [0.2, 0.25) is 0 Å². The third-order valence-corrected chi connectivity index (χ3v) is 3.92. The normalized spacial score (nSPS) is 13.5. The van der Waals surface area contributed by atoms with E-state index in [1.54, 1.807) is 36.6 Å². The van der Waals surface area contributed by atoms with E-state index in [4.69, 9.17) is 39.0 Å². The molecule has 0 saturated carbocycles. The van der Waals surface area contributed by atoms with Crippen LogP contribution in [0.2, 0.25) is 5.02 Å². The first-order chi connectivity index (χ1) is 11.9. The molecule has 1 aromatic rings. The zero-order valence-corrected chi connectivity index (χ0v) is 15.1. The van der Waals surface area contributed by atoms with Gasteiger partial charge in [-0.1, -0.05) is 29.9 Å². The molecule has 0 atom stereocenters. The van der Waals surface area contributed by atoms with Crippen molar-refractivity contribution in [1.29, 1.82) is 0 Å². The lowest BCUT2D eigenvalue weighted by molar-refractivity contribution is -0.139. The quantitative estimate of drug-likeness (QED) is 0.636. The van der Waals surface area contributed by atoms with Crippen LogP contribution in [0.5, 0.6) is 0 Å². The van der Waals surface area contributed by atoms with Gasteiger partial charge in [-0.2, -0.15) is 0 Å². The SMILES string of the molecule is COC(=O)C1=C(C(=O)OC)N(c2ccc(C(N)=S)c(Cl)c2)C=CC=C1. The first-order valence-corrected chi connectivity index (χ1v) is 7.83. The van der Waals surface area contributed by atoms with Crippen LogP contribution < -0.4 is 10.6 Å². The molecule has 0 fully saturated rings. The minimum Gasteiger partial charge on any atom is -0.465 e. The first-order valence-electron chi connectivity index (χ1n) is 7.05. The summed E-state index contributed by atoms with van der Waals surface area (Å²) in [7, 11) is 2.46. The predicted molar refractivity (Wildman–Crippen MR) is 99.2 cm³/mol. The second-order valence-electron chi connectivity index (χ2n) is 4.84. The molecule has 0 unspecified atom stereocenters. The van der Waals surface area contributed by atoms with Crippen molar-refractivity contribution in [3.05, 3.63) is 64.5 Å². The van der Waals surface area contributed by atoms with Crippen LogP contribution in [-0.2, 0) is 19.1 Å². The van der Waals surface area contributed by atoms with E-state index in [0.717, 1.165) is 0 Å². The first kappa shape index (κ1) is 18.7. The lowest BCUT2D eigenvalue weighted by atomic mass is 10.1. The number of hydrogen-bond donors (Lipinski definition) is 1. The lowest BCUT2D eigenvalue weighted by Crippen LogP contribution is -2.27. The number of methoxy groups -OCH3 is 2. The highest BCUT2D eigenvalue weighted by molar-refractivity contribution is 7.80. The molecule has 0 bridgehead atoms. The fourth-order valence-electron chi connectivity index (χ4n) is 2.22. The van der Waals surface area contributed by atoms with E-state index in [2.05, 4.69) is 0 Å². The maximum atomic E-state index is 12.3. The molecule has 8 heteroatoms. The van der Waals surface area contributed by atoms with Gasteiger partial charge in [0.25, 0.3) is 0 Å². The number of hydrogen-bond acceptors (Lipinski definition) is 6. The number of thiocarbonyl (C=S) groups is 1. The number of nitrogens with two attached hydrogens (primary N) is 1. The fraction of sp³-hybridized carbons (Fsp3) is 0.118. The molecule has 0 aliphatic carbocycles. The van der Waals surface area contributed by atoms with Gasteiger partial charge in [-0.15, -0.1) is 0 Å². The summed E-state index contributed by atoms with van der Waals surface area (Å²) in [6, 6.07) is 4.90. The van der Waals surface area contributed by atoms with Gasteiger partial charge in [0.1, 0.15) is 10.7 Å². The zero-order chi connectivity index (χ0) is 18.6. The van der Waals surface area contributed by atoms with Gasteiger partial charge in [-0.25, -0.2) is 9.59 Å².